The third kappa shape index (κ3) is 37.7. The molecule has 380 valence electrons. The largest absolute Gasteiger partial charge is 0.397 e. The summed E-state index contributed by atoms with van der Waals surface area (Å²) >= 11 is 11.7. The number of nitrogens with one attached hydrogen (secondary N) is 5. The minimum absolute atomic E-state index is 0.0381. The monoisotopic (exact) mass is 996 g/mol. The van der Waals surface area contributed by atoms with Gasteiger partial charge in [0, 0.05) is 66.6 Å². The molecule has 0 unspecified atom stereocenters. The normalized spacial score (nSPS) is 12.8. The standard InChI is InChI=1S/C25H33Cl2N7.C10H21N13.C9H21N3/c26-19-9-7-18(8-10-19)16-22(29)17-21(28)6-4-2-1-3-5-15-32-24(30)34-25(31)33-23-13-11-20(27)12-14-23;1-17-7(13)18-4-20-9(15)23-10(16)21-5-19-8(14)22-6(12)2-3-11;1-3-4-5-6-7-8-12-9(10)11-2/h7-14,28-29H,1-6,15-17H2,(H5,30,31,32,33,34);2-5,11H2,(H2,13,18)(H4,12,14,19,22)(H5,15,16,20,21,23);3-8H2,1-2H3,(H3,10,11,12). The number of aliphatic imine (C=N–C) groups is 8. The number of hydrogen-bond donors (Lipinski definition) is 14. The molecule has 0 amide bonds. The summed E-state index contributed by atoms with van der Waals surface area (Å²) in [5.74, 6) is 0.796. The molecule has 0 heterocycles. The Morgan fingerprint density at radius 2 is 1.20 bits per heavy atom. The average Bonchev–Trinajstić information content (AvgIpc) is 3.30. The fourth-order valence-electron chi connectivity index (χ4n) is 5.32. The Morgan fingerprint density at radius 1 is 0.638 bits per heavy atom. The van der Waals surface area contributed by atoms with Crippen molar-refractivity contribution in [1.29, 1.82) is 10.8 Å². The molecular formula is C44H75Cl2N23. The topological polar surface area (TPSA) is 421 Å². The second kappa shape index (κ2) is 40.1. The van der Waals surface area contributed by atoms with E-state index in [1.165, 1.54) is 32.1 Å². The quantitative estimate of drug-likeness (QED) is 0.0291. The Kier molecular flexibility index (Phi) is 36.0. The van der Waals surface area contributed by atoms with Gasteiger partial charge in [-0.2, -0.15) is 9.98 Å². The maximum absolute atomic E-state index is 8.12. The summed E-state index contributed by atoms with van der Waals surface area (Å²) in [4.78, 5) is 33.8. The van der Waals surface area contributed by atoms with Gasteiger partial charge in [-0.3, -0.25) is 15.3 Å². The van der Waals surface area contributed by atoms with Crippen LogP contribution in [0.25, 0.3) is 4.85 Å². The molecule has 0 aliphatic carbocycles. The van der Waals surface area contributed by atoms with E-state index in [2.05, 4.69) is 67.7 Å². The van der Waals surface area contributed by atoms with Crippen LogP contribution < -0.4 is 67.6 Å². The van der Waals surface area contributed by atoms with Gasteiger partial charge in [-0.25, -0.2) is 20.0 Å². The molecule has 23 nitrogen and oxygen atoms in total. The Bertz CT molecular complexity index is 2070. The van der Waals surface area contributed by atoms with Crippen molar-refractivity contribution < 1.29 is 0 Å². The highest BCUT2D eigenvalue weighted by molar-refractivity contribution is 6.31. The van der Waals surface area contributed by atoms with Crippen molar-refractivity contribution in [3.05, 3.63) is 75.6 Å². The summed E-state index contributed by atoms with van der Waals surface area (Å²) < 4.78 is 0. The predicted octanol–water partition coefficient (Wildman–Crippen LogP) is 3.91. The molecule has 0 radical (unpaired) electrons. The first-order chi connectivity index (χ1) is 33.0. The highest BCUT2D eigenvalue weighted by Crippen LogP contribution is 2.14. The van der Waals surface area contributed by atoms with Crippen LogP contribution in [0.15, 0.2) is 88.5 Å². The lowest BCUT2D eigenvalue weighted by molar-refractivity contribution is 0.623. The second-order valence-electron chi connectivity index (χ2n) is 14.8. The van der Waals surface area contributed by atoms with Crippen molar-refractivity contribution in [2.75, 3.05) is 45.3 Å². The van der Waals surface area contributed by atoms with Gasteiger partial charge in [0.1, 0.15) is 12.5 Å². The zero-order valence-electron chi connectivity index (χ0n) is 40.0. The first-order valence-electron chi connectivity index (χ1n) is 22.4. The van der Waals surface area contributed by atoms with E-state index in [1.54, 1.807) is 31.3 Å². The van der Waals surface area contributed by atoms with Crippen LogP contribution in [-0.2, 0) is 6.42 Å². The number of nitrogens with two attached hydrogens (primary N) is 9. The summed E-state index contributed by atoms with van der Waals surface area (Å²) in [6.07, 6.45) is 13.7. The van der Waals surface area contributed by atoms with Crippen LogP contribution in [-0.4, -0.2) is 99.0 Å². The molecule has 2 rings (SSSR count). The molecule has 2 aromatic rings. The molecule has 0 bridgehead atoms. The van der Waals surface area contributed by atoms with E-state index in [1.807, 2.05) is 24.3 Å². The number of amidine groups is 1. The number of unbranched alkanes of at least 4 members (excludes halogenated alkanes) is 8. The molecule has 0 spiro atoms. The Balaban J connectivity index is 0.00000114. The van der Waals surface area contributed by atoms with Gasteiger partial charge in [-0.1, -0.05) is 87.2 Å². The lowest BCUT2D eigenvalue weighted by atomic mass is 10.0. The molecule has 25 heteroatoms. The molecule has 0 aliphatic heterocycles. The van der Waals surface area contributed by atoms with Crippen molar-refractivity contribution in [3.8, 4) is 0 Å². The minimum Gasteiger partial charge on any atom is -0.397 e. The maximum Gasteiger partial charge on any atom is 0.326 e. The van der Waals surface area contributed by atoms with Gasteiger partial charge in [0.15, 0.2) is 24.5 Å². The van der Waals surface area contributed by atoms with E-state index in [-0.39, 0.29) is 54.9 Å². The summed E-state index contributed by atoms with van der Waals surface area (Å²) in [7, 11) is 1.69. The van der Waals surface area contributed by atoms with Gasteiger partial charge in [-0.15, -0.1) is 6.57 Å². The van der Waals surface area contributed by atoms with Crippen LogP contribution in [0, 0.1) is 17.4 Å². The van der Waals surface area contributed by atoms with Crippen LogP contribution in [0.4, 0.5) is 5.69 Å². The van der Waals surface area contributed by atoms with Gasteiger partial charge in [0.2, 0.25) is 17.9 Å². The van der Waals surface area contributed by atoms with Crippen LogP contribution in [0.2, 0.25) is 10.0 Å². The second-order valence-corrected chi connectivity index (χ2v) is 15.7. The average molecular weight is 997 g/mol. The molecular weight excluding hydrogens is 922 g/mol. The fraction of sp³-hybridized carbons (Fsp3) is 0.477. The molecule has 69 heavy (non-hydrogen) atoms. The van der Waals surface area contributed by atoms with Crippen LogP contribution >= 0.6 is 23.2 Å². The zero-order chi connectivity index (χ0) is 51.7. The number of halogens is 2. The number of anilines is 1. The highest BCUT2D eigenvalue weighted by atomic mass is 35.5. The highest BCUT2D eigenvalue weighted by Gasteiger charge is 2.05. The summed E-state index contributed by atoms with van der Waals surface area (Å²) in [6.45, 7) is 10.5. The molecule has 23 N–H and O–H groups in total. The third-order valence-electron chi connectivity index (χ3n) is 8.82. The van der Waals surface area contributed by atoms with Crippen LogP contribution in [0.1, 0.15) is 96.0 Å². The van der Waals surface area contributed by atoms with E-state index < -0.39 is 0 Å². The molecule has 0 aromatic heterocycles. The summed E-state index contributed by atoms with van der Waals surface area (Å²) in [6, 6.07) is 14.6. The van der Waals surface area contributed by atoms with E-state index in [0.29, 0.717) is 59.8 Å². The third-order valence-corrected chi connectivity index (χ3v) is 9.33. The van der Waals surface area contributed by atoms with Crippen molar-refractivity contribution in [2.45, 2.75) is 96.8 Å². The summed E-state index contributed by atoms with van der Waals surface area (Å²) in [5.41, 5.74) is 52.7. The number of rotatable bonds is 25. The number of guanidine groups is 7. The number of benzene rings is 2. The number of hydrogen-bond acceptors (Lipinski definition) is 9. The van der Waals surface area contributed by atoms with Gasteiger partial charge in [-0.05, 0) is 74.2 Å². The lowest BCUT2D eigenvalue weighted by Crippen LogP contribution is -2.41. The van der Waals surface area contributed by atoms with Crippen LogP contribution in [0.3, 0.4) is 0 Å². The smallest absolute Gasteiger partial charge is 0.326 e. The summed E-state index contributed by atoms with van der Waals surface area (Å²) in [5, 5.41) is 26.0. The van der Waals surface area contributed by atoms with E-state index >= 15 is 0 Å². The lowest BCUT2D eigenvalue weighted by Gasteiger charge is -2.07. The predicted molar refractivity (Wildman–Crippen MR) is 292 cm³/mol. The Labute approximate surface area is 417 Å². The van der Waals surface area contributed by atoms with E-state index in [4.69, 9.17) is 92.2 Å². The van der Waals surface area contributed by atoms with Gasteiger partial charge in [0.25, 0.3) is 0 Å². The Morgan fingerprint density at radius 3 is 1.81 bits per heavy atom. The van der Waals surface area contributed by atoms with E-state index in [0.717, 1.165) is 56.3 Å². The Hall–Kier alpha value is -7.03. The molecule has 0 fully saturated rings. The molecule has 0 saturated carbocycles. The minimum atomic E-state index is -0.220. The van der Waals surface area contributed by atoms with E-state index in [9.17, 15) is 0 Å². The van der Waals surface area contributed by atoms with Crippen molar-refractivity contribution >= 4 is 87.9 Å². The van der Waals surface area contributed by atoms with Gasteiger partial charge in [0.05, 0.1) is 0 Å². The SMILES string of the molecule is CCCCCCCNC(N)=NC.N=C(CCCCCCCN=C(N)N=C(N)Nc1ccc(Cl)cc1)CC(=N)Cc1ccc(Cl)cc1.[C-]#[N+]C(N)=NCN=C(N)NC(N)=NCN=C(N)N=C(N)CCN. The zero-order valence-corrected chi connectivity index (χ0v) is 41.5. The molecule has 0 atom stereocenters. The van der Waals surface area contributed by atoms with Crippen molar-refractivity contribution in [1.82, 2.24) is 10.6 Å². The molecule has 2 aromatic carbocycles. The molecule has 0 aliphatic rings. The first kappa shape index (κ1) is 62.0. The van der Waals surface area contributed by atoms with Crippen LogP contribution in [0.5, 0.6) is 0 Å². The first-order valence-corrected chi connectivity index (χ1v) is 23.1. The number of nitrogens with zero attached hydrogens (tertiary/aromatic N) is 9. The van der Waals surface area contributed by atoms with Gasteiger partial charge >= 0.3 is 5.96 Å². The van der Waals surface area contributed by atoms with Gasteiger partial charge < -0.3 is 77.9 Å². The van der Waals surface area contributed by atoms with Crippen molar-refractivity contribution in [2.24, 2.45) is 91.5 Å². The fourth-order valence-corrected chi connectivity index (χ4v) is 5.57. The molecule has 0 saturated heterocycles. The van der Waals surface area contributed by atoms with Crippen molar-refractivity contribution in [3.63, 3.8) is 0 Å². The maximum atomic E-state index is 8.12.